The van der Waals surface area contributed by atoms with Crippen LogP contribution in [-0.4, -0.2) is 66.5 Å². The van der Waals surface area contributed by atoms with Crippen LogP contribution in [0, 0.1) is 5.41 Å². The summed E-state index contributed by atoms with van der Waals surface area (Å²) in [4.78, 5) is 32.8. The number of fused-ring (bicyclic) bond motifs is 4. The van der Waals surface area contributed by atoms with E-state index in [-0.39, 0.29) is 17.5 Å². The largest absolute Gasteiger partial charge is 0.383 e. The molecule has 222 valence electrons. The quantitative estimate of drug-likeness (QED) is 0.316. The fourth-order valence-corrected chi connectivity index (χ4v) is 7.85. The molecule has 10 heteroatoms. The first-order chi connectivity index (χ1) is 20.8. The average Bonchev–Trinajstić information content (AvgIpc) is 3.78. The summed E-state index contributed by atoms with van der Waals surface area (Å²) < 4.78 is 3.33. The number of hydrogen-bond donors (Lipinski definition) is 2. The predicted octanol–water partition coefficient (Wildman–Crippen LogP) is 4.12. The topological polar surface area (TPSA) is 104 Å². The highest BCUT2D eigenvalue weighted by molar-refractivity contribution is 5.77. The Labute approximate surface area is 250 Å². The van der Waals surface area contributed by atoms with Gasteiger partial charge in [-0.05, 0) is 81.5 Å². The summed E-state index contributed by atoms with van der Waals surface area (Å²) in [6.07, 6.45) is 9.11. The third-order valence-corrected chi connectivity index (χ3v) is 10.7. The molecule has 4 aromatic rings. The van der Waals surface area contributed by atoms with E-state index in [0.29, 0.717) is 41.3 Å². The number of benzene rings is 1. The van der Waals surface area contributed by atoms with Crippen LogP contribution in [0.25, 0.3) is 16.9 Å². The van der Waals surface area contributed by atoms with Gasteiger partial charge in [-0.1, -0.05) is 19.1 Å². The summed E-state index contributed by atoms with van der Waals surface area (Å²) in [5.74, 6) is 0.946. The van der Waals surface area contributed by atoms with Crippen molar-refractivity contribution in [3.63, 3.8) is 0 Å². The predicted molar refractivity (Wildman–Crippen MR) is 167 cm³/mol. The van der Waals surface area contributed by atoms with E-state index in [4.69, 9.17) is 9.97 Å². The Morgan fingerprint density at radius 3 is 2.53 bits per heavy atom. The number of pyridine rings is 1. The Balaban J connectivity index is 1.15. The molecule has 2 aliphatic carbocycles. The Kier molecular flexibility index (Phi) is 5.87. The highest BCUT2D eigenvalue weighted by Gasteiger charge is 2.61. The van der Waals surface area contributed by atoms with Crippen molar-refractivity contribution in [2.75, 3.05) is 30.4 Å². The number of hydrogen-bond acceptors (Lipinski definition) is 8. The molecule has 43 heavy (non-hydrogen) atoms. The van der Waals surface area contributed by atoms with Crippen LogP contribution in [-0.2, 0) is 18.6 Å². The zero-order chi connectivity index (χ0) is 29.5. The zero-order valence-electron chi connectivity index (χ0n) is 24.8. The van der Waals surface area contributed by atoms with Crippen LogP contribution in [0.3, 0.4) is 0 Å². The van der Waals surface area contributed by atoms with Crippen molar-refractivity contribution in [3.8, 4) is 5.82 Å². The van der Waals surface area contributed by atoms with Crippen molar-refractivity contribution < 1.29 is 5.11 Å². The third-order valence-electron chi connectivity index (χ3n) is 10.7. The van der Waals surface area contributed by atoms with E-state index < -0.39 is 5.60 Å². The van der Waals surface area contributed by atoms with E-state index in [1.807, 2.05) is 31.2 Å². The van der Waals surface area contributed by atoms with Gasteiger partial charge in [0.05, 0.1) is 12.2 Å². The lowest BCUT2D eigenvalue weighted by Crippen LogP contribution is -2.67. The first-order valence-corrected chi connectivity index (χ1v) is 15.5. The number of rotatable bonds is 7. The standard InChI is InChI=1S/C33H38N8O2/c1-4-16-40-30(42)26-18-34-31(35-22-7-9-23(10-8-22)39-19-24-17-25(20-39)38(24)3)37-29(26)41(40)27-11-6-21-12-13-32(14-15-32)33(43,5-2)28(21)36-27/h4,6-11,18,24-25,43H,1,5,12-17,19-20H2,2-3H3,(H,34,35,37)/t24?,25?,33-/m0/s1. The van der Waals surface area contributed by atoms with Crippen molar-refractivity contribution in [3.05, 3.63) is 76.9 Å². The van der Waals surface area contributed by atoms with Gasteiger partial charge < -0.3 is 15.3 Å². The van der Waals surface area contributed by atoms with Gasteiger partial charge in [0.25, 0.3) is 5.56 Å². The van der Waals surface area contributed by atoms with Gasteiger partial charge in [0.1, 0.15) is 11.0 Å². The number of piperidine rings is 1. The van der Waals surface area contributed by atoms with Crippen molar-refractivity contribution in [1.82, 2.24) is 29.2 Å². The summed E-state index contributed by atoms with van der Waals surface area (Å²) in [7, 11) is 2.22. The molecule has 1 aromatic carbocycles. The van der Waals surface area contributed by atoms with Crippen LogP contribution in [0.2, 0.25) is 0 Å². The number of aliphatic hydroxyl groups is 1. The second-order valence-electron chi connectivity index (χ2n) is 12.9. The minimum Gasteiger partial charge on any atom is -0.383 e. The highest BCUT2D eigenvalue weighted by Crippen LogP contribution is 2.64. The molecule has 3 saturated heterocycles. The first kappa shape index (κ1) is 26.6. The Morgan fingerprint density at radius 2 is 1.86 bits per heavy atom. The van der Waals surface area contributed by atoms with Crippen LogP contribution in [0.5, 0.6) is 0 Å². The number of likely N-dealkylation sites (N-methyl/N-ethyl adjacent to an activating group) is 1. The summed E-state index contributed by atoms with van der Waals surface area (Å²) in [5.41, 5.74) is 3.10. The molecule has 0 radical (unpaired) electrons. The van der Waals surface area contributed by atoms with Gasteiger partial charge >= 0.3 is 0 Å². The van der Waals surface area contributed by atoms with Crippen molar-refractivity contribution >= 4 is 28.4 Å². The van der Waals surface area contributed by atoms with E-state index in [9.17, 15) is 9.90 Å². The second-order valence-corrected chi connectivity index (χ2v) is 12.9. The van der Waals surface area contributed by atoms with E-state index >= 15 is 0 Å². The fraction of sp³-hybridized carbons (Fsp3) is 0.455. The molecule has 1 saturated carbocycles. The summed E-state index contributed by atoms with van der Waals surface area (Å²) in [6, 6.07) is 13.7. The normalized spacial score (nSPS) is 25.4. The average molecular weight is 579 g/mol. The number of piperazine rings is 1. The van der Waals surface area contributed by atoms with E-state index in [2.05, 4.69) is 45.9 Å². The van der Waals surface area contributed by atoms with Gasteiger partial charge in [-0.2, -0.15) is 4.98 Å². The van der Waals surface area contributed by atoms with Gasteiger partial charge in [-0.15, -0.1) is 6.58 Å². The Bertz CT molecular complexity index is 1790. The van der Waals surface area contributed by atoms with Crippen LogP contribution < -0.4 is 15.8 Å². The summed E-state index contributed by atoms with van der Waals surface area (Å²) >= 11 is 0. The van der Waals surface area contributed by atoms with Gasteiger partial charge in [0, 0.05) is 48.2 Å². The van der Waals surface area contributed by atoms with Gasteiger partial charge in [0.2, 0.25) is 5.95 Å². The number of nitrogens with one attached hydrogen (secondary N) is 1. The number of nitrogens with zero attached hydrogens (tertiary/aromatic N) is 7. The molecule has 2 unspecified atom stereocenters. The molecule has 9 rings (SSSR count). The molecule has 5 aliphatic rings. The molecular formula is C33H38N8O2. The summed E-state index contributed by atoms with van der Waals surface area (Å²) in [5, 5.41) is 15.7. The van der Waals surface area contributed by atoms with E-state index in [1.165, 1.54) is 12.1 Å². The lowest BCUT2D eigenvalue weighted by molar-refractivity contribution is -0.0580. The maximum absolute atomic E-state index is 13.5. The SMILES string of the molecule is C=CCn1c(=O)c2cnc(Nc3ccc(N4CC5CC(C4)N5C)cc3)nc2n1-c1ccc2c(n1)[C@@](O)(CC)C1(CC2)CC1. The van der Waals surface area contributed by atoms with Crippen LogP contribution in [0.15, 0.2) is 60.0 Å². The highest BCUT2D eigenvalue weighted by atomic mass is 16.3. The van der Waals surface area contributed by atoms with E-state index in [0.717, 1.165) is 55.7 Å². The van der Waals surface area contributed by atoms with E-state index in [1.54, 1.807) is 21.6 Å². The van der Waals surface area contributed by atoms with Crippen LogP contribution >= 0.6 is 0 Å². The molecule has 4 fully saturated rings. The van der Waals surface area contributed by atoms with Crippen molar-refractivity contribution in [1.29, 1.82) is 0 Å². The molecule has 3 atom stereocenters. The lowest BCUT2D eigenvalue weighted by atomic mass is 9.70. The molecule has 3 aromatic heterocycles. The number of aromatic nitrogens is 5. The number of allylic oxidation sites excluding steroid dienone is 1. The second kappa shape index (κ2) is 9.49. The zero-order valence-corrected chi connectivity index (χ0v) is 24.8. The van der Waals surface area contributed by atoms with Crippen molar-refractivity contribution in [2.45, 2.75) is 69.7 Å². The first-order valence-electron chi connectivity index (χ1n) is 15.5. The smallest absolute Gasteiger partial charge is 0.278 e. The minimum absolute atomic E-state index is 0.0839. The maximum atomic E-state index is 13.5. The Morgan fingerprint density at radius 1 is 1.09 bits per heavy atom. The van der Waals surface area contributed by atoms with Gasteiger partial charge in [-0.25, -0.2) is 19.3 Å². The lowest BCUT2D eigenvalue weighted by Gasteiger charge is -2.55. The molecule has 1 spiro atoms. The maximum Gasteiger partial charge on any atom is 0.278 e. The number of aryl methyl sites for hydroxylation is 1. The summed E-state index contributed by atoms with van der Waals surface area (Å²) in [6.45, 7) is 8.32. The Hall–Kier alpha value is -4.02. The molecule has 10 nitrogen and oxygen atoms in total. The van der Waals surface area contributed by atoms with Gasteiger partial charge in [-0.3, -0.25) is 9.69 Å². The number of anilines is 3. The van der Waals surface area contributed by atoms with Crippen molar-refractivity contribution in [2.24, 2.45) is 5.41 Å². The fourth-order valence-electron chi connectivity index (χ4n) is 7.85. The monoisotopic (exact) mass is 578 g/mol. The van der Waals surface area contributed by atoms with Crippen LogP contribution in [0.4, 0.5) is 17.3 Å². The van der Waals surface area contributed by atoms with Gasteiger partial charge in [0.15, 0.2) is 11.5 Å². The molecular weight excluding hydrogens is 540 g/mol. The molecule has 2 N–H and O–H groups in total. The molecule has 0 amide bonds. The minimum atomic E-state index is -0.971. The molecule has 6 heterocycles. The van der Waals surface area contributed by atoms with Crippen LogP contribution in [0.1, 0.15) is 50.3 Å². The molecule has 2 bridgehead atoms. The third kappa shape index (κ3) is 3.92. The molecule has 3 aliphatic heterocycles.